The molecule has 0 radical (unpaired) electrons. The van der Waals surface area contributed by atoms with Crippen LogP contribution in [0.2, 0.25) is 0 Å². The van der Waals surface area contributed by atoms with E-state index in [4.69, 9.17) is 4.42 Å². The van der Waals surface area contributed by atoms with Crippen molar-refractivity contribution in [1.82, 2.24) is 9.13 Å². The molecule has 2 aliphatic rings. The molecule has 5 heterocycles. The molecule has 0 bridgehead atoms. The first-order valence-electron chi connectivity index (χ1n) is 27.3. The molecule has 0 fully saturated rings. The number of rotatable bonds is 5. The number of nitrogens with zero attached hydrogens (tertiary/aromatic N) is 3. The van der Waals surface area contributed by atoms with Gasteiger partial charge in [-0.2, -0.15) is 0 Å². The molecule has 0 saturated carbocycles. The van der Waals surface area contributed by atoms with E-state index in [2.05, 4.69) is 251 Å². The molecule has 4 nitrogen and oxygen atoms in total. The molecule has 2 aliphatic heterocycles. The molecule has 0 amide bonds. The average Bonchev–Trinajstić information content (AvgIpc) is 4.01. The summed E-state index contributed by atoms with van der Waals surface area (Å²) in [6, 6.07) is 52.2. The topological polar surface area (TPSA) is 26.9 Å². The Hall–Kier alpha value is -6.59. The summed E-state index contributed by atoms with van der Waals surface area (Å²) >= 11 is 0.0678. The van der Waals surface area contributed by atoms with Crippen molar-refractivity contribution >= 4 is 102 Å². The Kier molecular flexibility index (Phi) is 10.6. The predicted octanol–water partition coefficient (Wildman–Crippen LogP) is 14.0. The molecule has 13 rings (SSSR count). The van der Waals surface area contributed by atoms with Crippen LogP contribution in [0.1, 0.15) is 135 Å². The van der Waals surface area contributed by atoms with Gasteiger partial charge in [0.25, 0.3) is 0 Å². The van der Waals surface area contributed by atoms with Gasteiger partial charge in [0.15, 0.2) is 0 Å². The summed E-state index contributed by atoms with van der Waals surface area (Å²) in [5.41, 5.74) is 25.3. The number of fused-ring (bicyclic) bond motifs is 11. The van der Waals surface area contributed by atoms with Gasteiger partial charge in [0.1, 0.15) is 0 Å². The summed E-state index contributed by atoms with van der Waals surface area (Å²) in [6.07, 6.45) is 0. The van der Waals surface area contributed by atoms with Crippen molar-refractivity contribution in [2.45, 2.75) is 125 Å². The van der Waals surface area contributed by atoms with E-state index in [1.807, 2.05) is 0 Å². The molecule has 8 aromatic carbocycles. The monoisotopic (exact) mass is 1050 g/mol. The molecule has 374 valence electrons. The number of benzene rings is 8. The molecular formula is C69H69BN3OSe+. The minimum atomic E-state index is -0.0321. The predicted molar refractivity (Wildman–Crippen MR) is 322 cm³/mol. The van der Waals surface area contributed by atoms with E-state index >= 15 is 0 Å². The number of para-hydroxylation sites is 4. The fraction of sp³-hybridized carbons (Fsp3) is 0.290. The van der Waals surface area contributed by atoms with Gasteiger partial charge in [-0.3, -0.25) is 0 Å². The number of hydrogen-bond donors (Lipinski definition) is 0. The van der Waals surface area contributed by atoms with Gasteiger partial charge in [0.05, 0.1) is 0 Å². The van der Waals surface area contributed by atoms with Crippen LogP contribution >= 0.6 is 0 Å². The van der Waals surface area contributed by atoms with Gasteiger partial charge in [0.2, 0.25) is 0 Å². The fourth-order valence-electron chi connectivity index (χ4n) is 12.9. The molecule has 0 unspecified atom stereocenters. The number of hydrogen-bond acceptors (Lipinski definition) is 1. The van der Waals surface area contributed by atoms with Crippen LogP contribution < -0.4 is 29.9 Å². The summed E-state index contributed by atoms with van der Waals surface area (Å²) < 4.78 is 18.1. The summed E-state index contributed by atoms with van der Waals surface area (Å²) in [5, 5.41) is 4.96. The van der Waals surface area contributed by atoms with Gasteiger partial charge in [-0.05, 0) is 11.8 Å². The molecule has 11 aromatic rings. The number of aromatic nitrogens is 3. The second kappa shape index (κ2) is 16.5. The van der Waals surface area contributed by atoms with E-state index in [0.29, 0.717) is 11.8 Å². The van der Waals surface area contributed by atoms with Crippen LogP contribution in [-0.4, -0.2) is 30.8 Å². The van der Waals surface area contributed by atoms with Crippen LogP contribution in [-0.2, 0) is 23.3 Å². The molecule has 0 spiro atoms. The van der Waals surface area contributed by atoms with Crippen LogP contribution in [0.5, 0.6) is 0 Å². The third-order valence-electron chi connectivity index (χ3n) is 17.0. The van der Waals surface area contributed by atoms with Gasteiger partial charge < -0.3 is 0 Å². The Balaban J connectivity index is 1.11. The van der Waals surface area contributed by atoms with Crippen LogP contribution in [0, 0.1) is 6.92 Å². The third-order valence-corrected chi connectivity index (χ3v) is 19.4. The number of aryl methyl sites for hydroxylation is 2. The normalized spacial score (nSPS) is 13.7. The van der Waals surface area contributed by atoms with Gasteiger partial charge in [-0.15, -0.1) is 0 Å². The Morgan fingerprint density at radius 1 is 0.547 bits per heavy atom. The molecule has 75 heavy (non-hydrogen) atoms. The summed E-state index contributed by atoms with van der Waals surface area (Å²) in [5.74, 6) is 1.78. The third kappa shape index (κ3) is 7.11. The summed E-state index contributed by atoms with van der Waals surface area (Å²) in [6.45, 7) is 32.9. The van der Waals surface area contributed by atoms with E-state index in [-0.39, 0.29) is 37.9 Å². The maximum atomic E-state index is 7.59. The SMILES string of the molecule is Cc1ccc2c(oc3c(-c4cc5c6c(c4)-n4c7ccc(C(C)(C)C)cc7c7cc(C(C)(C)C)cc(c74)B6c4cc(C(C)(C)C)ccc4[Se]5)cccc32)c1-c1n(-c2c(C(C)C)cccc2C(C)C)c2ccccc2[n+]1C. The van der Waals surface area contributed by atoms with Crippen LogP contribution in [0.15, 0.2) is 138 Å². The Morgan fingerprint density at radius 2 is 1.19 bits per heavy atom. The van der Waals surface area contributed by atoms with Crippen LogP contribution in [0.4, 0.5) is 0 Å². The van der Waals surface area contributed by atoms with Crippen molar-refractivity contribution in [3.05, 3.63) is 167 Å². The standard InChI is InChI=1S/C69H69BN3OSe/c1-38(2)45-20-18-21-46(39(3)4)62(45)73-56-25-17-16-24-55(56)71(15)66(73)60-40(5)26-29-49-48-23-19-22-47(64(48)74-65(49)60)41-32-57-61-59(33-41)75-58-31-28-43(68(9,10)11)36-52(58)70(61)53-37-44(69(12,13)14)35-51-50-34-42(67(6,7)8)27-30-54(50)72(57)63(51)53/h16-39H,1-15H3/q+1. The van der Waals surface area contributed by atoms with Gasteiger partial charge in [0, 0.05) is 0 Å². The Bertz CT molecular complexity index is 4220. The summed E-state index contributed by atoms with van der Waals surface area (Å²) in [4.78, 5) is 0. The quantitative estimate of drug-likeness (QED) is 0.125. The average molecular weight is 1050 g/mol. The van der Waals surface area contributed by atoms with Crippen molar-refractivity contribution in [1.29, 1.82) is 0 Å². The van der Waals surface area contributed by atoms with Crippen molar-refractivity contribution in [3.63, 3.8) is 0 Å². The first-order chi connectivity index (χ1) is 35.6. The van der Waals surface area contributed by atoms with Gasteiger partial charge in [-0.1, -0.05) is 58.0 Å². The van der Waals surface area contributed by atoms with Gasteiger partial charge in [-0.25, -0.2) is 0 Å². The second-order valence-corrected chi connectivity index (χ2v) is 28.0. The van der Waals surface area contributed by atoms with E-state index in [1.54, 1.807) is 0 Å². The van der Waals surface area contributed by atoms with Crippen molar-refractivity contribution in [2.75, 3.05) is 0 Å². The fourth-order valence-corrected chi connectivity index (χ4v) is 15.4. The van der Waals surface area contributed by atoms with E-state index in [1.165, 1.54) is 108 Å². The maximum absolute atomic E-state index is 7.59. The van der Waals surface area contributed by atoms with Crippen molar-refractivity contribution in [2.24, 2.45) is 7.05 Å². The Morgan fingerprint density at radius 3 is 1.89 bits per heavy atom. The van der Waals surface area contributed by atoms with E-state index < -0.39 is 0 Å². The van der Waals surface area contributed by atoms with Gasteiger partial charge >= 0.3 is 383 Å². The number of imidazole rings is 1. The number of furan rings is 1. The van der Waals surface area contributed by atoms with Crippen molar-refractivity contribution in [3.8, 4) is 33.9 Å². The molecule has 3 aromatic heterocycles. The molecule has 6 heteroatoms. The zero-order valence-electron chi connectivity index (χ0n) is 46.6. The summed E-state index contributed by atoms with van der Waals surface area (Å²) in [7, 11) is 2.23. The molecule has 0 aliphatic carbocycles. The molecular weight excluding hydrogens is 977 g/mol. The first-order valence-corrected chi connectivity index (χ1v) is 29.0. The van der Waals surface area contributed by atoms with Crippen molar-refractivity contribution < 1.29 is 8.98 Å². The van der Waals surface area contributed by atoms with Crippen LogP contribution in [0.25, 0.3) is 88.7 Å². The first kappa shape index (κ1) is 48.1. The van der Waals surface area contributed by atoms with E-state index in [0.717, 1.165) is 38.9 Å². The van der Waals surface area contributed by atoms with E-state index in [9.17, 15) is 0 Å². The molecule has 0 atom stereocenters. The second-order valence-electron chi connectivity index (χ2n) is 25.7. The zero-order valence-corrected chi connectivity index (χ0v) is 48.3. The molecule has 0 N–H and O–H groups in total. The Labute approximate surface area is 450 Å². The molecule has 0 saturated heterocycles. The zero-order chi connectivity index (χ0) is 52.5. The van der Waals surface area contributed by atoms with Crippen LogP contribution in [0.3, 0.4) is 0 Å². The minimum absolute atomic E-state index is 0.00892.